The monoisotopic (exact) mass is 283 g/mol. The van der Waals surface area contributed by atoms with Gasteiger partial charge in [0, 0.05) is 11.5 Å². The van der Waals surface area contributed by atoms with Crippen LogP contribution in [0.4, 0.5) is 8.78 Å². The van der Waals surface area contributed by atoms with Gasteiger partial charge in [-0.3, -0.25) is 0 Å². The van der Waals surface area contributed by atoms with Crippen molar-refractivity contribution < 1.29 is 8.78 Å². The van der Waals surface area contributed by atoms with Gasteiger partial charge >= 0.3 is 0 Å². The molecular formula is C13H15F2N3S. The summed E-state index contributed by atoms with van der Waals surface area (Å²) in [7, 11) is 0. The Kier molecular flexibility index (Phi) is 3.64. The van der Waals surface area contributed by atoms with Gasteiger partial charge in [-0.2, -0.15) is 0 Å². The second-order valence-corrected chi connectivity index (χ2v) is 6.20. The first-order valence-corrected chi connectivity index (χ1v) is 6.60. The van der Waals surface area contributed by atoms with Gasteiger partial charge in [-0.25, -0.2) is 8.78 Å². The molecule has 2 N–H and O–H groups in total. The third-order valence-electron chi connectivity index (χ3n) is 2.75. The van der Waals surface area contributed by atoms with E-state index < -0.39 is 17.7 Å². The summed E-state index contributed by atoms with van der Waals surface area (Å²) >= 11 is 1.16. The Morgan fingerprint density at radius 1 is 1.16 bits per heavy atom. The largest absolute Gasteiger partial charge is 0.319 e. The Hall–Kier alpha value is -1.40. The van der Waals surface area contributed by atoms with E-state index in [0.717, 1.165) is 28.2 Å². The first kappa shape index (κ1) is 14.0. The maximum atomic E-state index is 13.2. The molecule has 1 atom stereocenters. The minimum atomic E-state index is -0.639. The van der Waals surface area contributed by atoms with Crippen LogP contribution in [0.25, 0.3) is 0 Å². The molecular weight excluding hydrogens is 268 g/mol. The third kappa shape index (κ3) is 2.96. The average molecular weight is 283 g/mol. The van der Waals surface area contributed by atoms with Crippen LogP contribution in [-0.2, 0) is 5.41 Å². The van der Waals surface area contributed by atoms with E-state index in [1.165, 1.54) is 12.1 Å². The molecule has 3 nitrogen and oxygen atoms in total. The molecule has 1 aromatic heterocycles. The van der Waals surface area contributed by atoms with Crippen molar-refractivity contribution in [2.24, 2.45) is 5.73 Å². The molecule has 0 aliphatic carbocycles. The topological polar surface area (TPSA) is 51.8 Å². The standard InChI is InChI=1S/C13H15F2N3S/c1-13(2,3)12-11(19-18-17-12)10(16)7-4-8(14)6-9(15)5-7/h4-6,10H,16H2,1-3H3. The lowest BCUT2D eigenvalue weighted by molar-refractivity contribution is 0.554. The van der Waals surface area contributed by atoms with Crippen LogP contribution >= 0.6 is 11.5 Å². The molecule has 0 saturated carbocycles. The van der Waals surface area contributed by atoms with Crippen LogP contribution in [0.5, 0.6) is 0 Å². The molecule has 2 aromatic rings. The normalized spacial score (nSPS) is 13.6. The van der Waals surface area contributed by atoms with E-state index in [0.29, 0.717) is 5.56 Å². The van der Waals surface area contributed by atoms with Crippen molar-refractivity contribution in [1.29, 1.82) is 0 Å². The lowest BCUT2D eigenvalue weighted by Crippen LogP contribution is -2.19. The zero-order valence-corrected chi connectivity index (χ0v) is 11.8. The fourth-order valence-electron chi connectivity index (χ4n) is 1.83. The summed E-state index contributed by atoms with van der Waals surface area (Å²) in [5.41, 5.74) is 7.02. The Labute approximate surface area is 114 Å². The van der Waals surface area contributed by atoms with E-state index in [4.69, 9.17) is 5.73 Å². The van der Waals surface area contributed by atoms with E-state index in [-0.39, 0.29) is 5.41 Å². The van der Waals surface area contributed by atoms with E-state index in [2.05, 4.69) is 9.59 Å². The van der Waals surface area contributed by atoms with Crippen molar-refractivity contribution in [2.45, 2.75) is 32.2 Å². The Morgan fingerprint density at radius 2 is 1.74 bits per heavy atom. The van der Waals surface area contributed by atoms with Gasteiger partial charge in [-0.15, -0.1) is 5.10 Å². The average Bonchev–Trinajstić information content (AvgIpc) is 2.74. The fraction of sp³-hybridized carbons (Fsp3) is 0.385. The van der Waals surface area contributed by atoms with Crippen LogP contribution in [0, 0.1) is 11.6 Å². The lowest BCUT2D eigenvalue weighted by Gasteiger charge is -2.19. The molecule has 2 rings (SSSR count). The van der Waals surface area contributed by atoms with Crippen LogP contribution in [0.1, 0.15) is 42.9 Å². The SMILES string of the molecule is CC(C)(C)c1nnsc1C(N)c1cc(F)cc(F)c1. The lowest BCUT2D eigenvalue weighted by atomic mass is 9.89. The molecule has 0 aliphatic heterocycles. The van der Waals surface area contributed by atoms with Crippen molar-refractivity contribution >= 4 is 11.5 Å². The third-order valence-corrected chi connectivity index (χ3v) is 3.56. The number of halogens is 2. The van der Waals surface area contributed by atoms with Gasteiger partial charge in [0.15, 0.2) is 0 Å². The summed E-state index contributed by atoms with van der Waals surface area (Å²) in [6.07, 6.45) is 0. The second-order valence-electron chi connectivity index (χ2n) is 5.42. The first-order valence-electron chi connectivity index (χ1n) is 5.83. The highest BCUT2D eigenvalue weighted by atomic mass is 32.1. The molecule has 1 heterocycles. The van der Waals surface area contributed by atoms with Crippen molar-refractivity contribution in [3.05, 3.63) is 46.0 Å². The molecule has 6 heteroatoms. The number of benzene rings is 1. The predicted molar refractivity (Wildman–Crippen MR) is 71.0 cm³/mol. The molecule has 0 fully saturated rings. The predicted octanol–water partition coefficient (Wildman–Crippen LogP) is 3.16. The summed E-state index contributed by atoms with van der Waals surface area (Å²) in [6, 6.07) is 2.67. The molecule has 0 spiro atoms. The number of aromatic nitrogens is 2. The van der Waals surface area contributed by atoms with Crippen molar-refractivity contribution in [2.75, 3.05) is 0 Å². The van der Waals surface area contributed by atoms with E-state index in [9.17, 15) is 8.78 Å². The Morgan fingerprint density at radius 3 is 2.26 bits per heavy atom. The molecule has 19 heavy (non-hydrogen) atoms. The highest BCUT2D eigenvalue weighted by Gasteiger charge is 2.26. The summed E-state index contributed by atoms with van der Waals surface area (Å²) < 4.78 is 30.4. The van der Waals surface area contributed by atoms with Crippen LogP contribution < -0.4 is 5.73 Å². The zero-order chi connectivity index (χ0) is 14.2. The van der Waals surface area contributed by atoms with E-state index >= 15 is 0 Å². The molecule has 0 radical (unpaired) electrons. The number of rotatable bonds is 2. The Bertz CT molecular complexity index is 570. The summed E-state index contributed by atoms with van der Waals surface area (Å²) in [5, 5.41) is 4.08. The van der Waals surface area contributed by atoms with Crippen LogP contribution in [0.15, 0.2) is 18.2 Å². The molecule has 0 bridgehead atoms. The zero-order valence-electron chi connectivity index (χ0n) is 10.9. The van der Waals surface area contributed by atoms with Gasteiger partial charge in [0.2, 0.25) is 0 Å². The number of hydrogen-bond donors (Lipinski definition) is 1. The Balaban J connectivity index is 2.45. The van der Waals surface area contributed by atoms with Gasteiger partial charge in [-0.1, -0.05) is 25.3 Å². The van der Waals surface area contributed by atoms with Crippen molar-refractivity contribution in [3.63, 3.8) is 0 Å². The maximum Gasteiger partial charge on any atom is 0.126 e. The van der Waals surface area contributed by atoms with E-state index in [1.807, 2.05) is 20.8 Å². The molecule has 0 saturated heterocycles. The van der Waals surface area contributed by atoms with Crippen molar-refractivity contribution in [1.82, 2.24) is 9.59 Å². The molecule has 102 valence electrons. The smallest absolute Gasteiger partial charge is 0.126 e. The van der Waals surface area contributed by atoms with Gasteiger partial charge in [0.1, 0.15) is 11.6 Å². The highest BCUT2D eigenvalue weighted by molar-refractivity contribution is 7.05. The van der Waals surface area contributed by atoms with Gasteiger partial charge in [0.05, 0.1) is 16.6 Å². The molecule has 1 unspecified atom stereocenters. The number of nitrogens with zero attached hydrogens (tertiary/aromatic N) is 2. The van der Waals surface area contributed by atoms with Gasteiger partial charge in [-0.05, 0) is 29.2 Å². The first-order chi connectivity index (χ1) is 8.79. The summed E-state index contributed by atoms with van der Waals surface area (Å²) in [4.78, 5) is 0.734. The second kappa shape index (κ2) is 4.94. The van der Waals surface area contributed by atoms with E-state index in [1.54, 1.807) is 0 Å². The molecule has 0 amide bonds. The molecule has 1 aromatic carbocycles. The number of nitrogens with two attached hydrogens (primary N) is 1. The van der Waals surface area contributed by atoms with Gasteiger partial charge in [0.25, 0.3) is 0 Å². The minimum absolute atomic E-state index is 0.216. The van der Waals surface area contributed by atoms with Gasteiger partial charge < -0.3 is 5.73 Å². The highest BCUT2D eigenvalue weighted by Crippen LogP contribution is 2.32. The van der Waals surface area contributed by atoms with Crippen LogP contribution in [0.2, 0.25) is 0 Å². The van der Waals surface area contributed by atoms with Crippen molar-refractivity contribution in [3.8, 4) is 0 Å². The quantitative estimate of drug-likeness (QED) is 0.921. The minimum Gasteiger partial charge on any atom is -0.319 e. The molecule has 0 aliphatic rings. The number of hydrogen-bond acceptors (Lipinski definition) is 4. The summed E-state index contributed by atoms with van der Waals surface area (Å²) in [6.45, 7) is 5.98. The fourth-order valence-corrected chi connectivity index (χ4v) is 2.72. The van der Waals surface area contributed by atoms with Crippen LogP contribution in [0.3, 0.4) is 0 Å². The maximum absolute atomic E-state index is 13.2. The van der Waals surface area contributed by atoms with Crippen LogP contribution in [-0.4, -0.2) is 9.59 Å². The summed E-state index contributed by atoms with van der Waals surface area (Å²) in [5.74, 6) is -1.28.